The van der Waals surface area contributed by atoms with Crippen molar-refractivity contribution in [3.05, 3.63) is 119 Å². The summed E-state index contributed by atoms with van der Waals surface area (Å²) in [5, 5.41) is 12.0. The van der Waals surface area contributed by atoms with E-state index in [4.69, 9.17) is 19.2 Å². The zero-order valence-electron chi connectivity index (χ0n) is 25.6. The fraction of sp³-hybridized carbons (Fsp3) is 0.216. The number of ketones is 1. The van der Waals surface area contributed by atoms with Gasteiger partial charge in [0.05, 0.1) is 35.0 Å². The molecule has 5 aromatic rings. The Morgan fingerprint density at radius 3 is 2.37 bits per heavy atom. The van der Waals surface area contributed by atoms with Crippen LogP contribution in [0.5, 0.6) is 17.2 Å². The first-order chi connectivity index (χ1) is 22.5. The molecule has 234 valence electrons. The highest BCUT2D eigenvalue weighted by Crippen LogP contribution is 2.45. The monoisotopic (exact) mass is 634 g/mol. The van der Waals surface area contributed by atoms with Gasteiger partial charge in [-0.3, -0.25) is 14.5 Å². The maximum absolute atomic E-state index is 13.8. The van der Waals surface area contributed by atoms with Crippen LogP contribution >= 0.6 is 11.3 Å². The Bertz CT molecular complexity index is 1880. The van der Waals surface area contributed by atoms with Gasteiger partial charge in [-0.1, -0.05) is 79.3 Å². The molecule has 8 nitrogen and oxygen atoms in total. The topological polar surface area (TPSA) is 98.2 Å². The summed E-state index contributed by atoms with van der Waals surface area (Å²) in [6, 6.07) is 28.6. The van der Waals surface area contributed by atoms with Crippen molar-refractivity contribution in [1.82, 2.24) is 4.98 Å². The van der Waals surface area contributed by atoms with Crippen molar-refractivity contribution in [3.63, 3.8) is 0 Å². The number of nitrogens with zero attached hydrogens (tertiary/aromatic N) is 2. The van der Waals surface area contributed by atoms with Crippen LogP contribution in [-0.2, 0) is 16.2 Å². The molecular weight excluding hydrogens is 600 g/mol. The molecule has 1 saturated heterocycles. The van der Waals surface area contributed by atoms with Gasteiger partial charge >= 0.3 is 5.91 Å². The van der Waals surface area contributed by atoms with Crippen LogP contribution in [-0.4, -0.2) is 35.0 Å². The van der Waals surface area contributed by atoms with Gasteiger partial charge in [0.15, 0.2) is 5.13 Å². The summed E-state index contributed by atoms with van der Waals surface area (Å²) in [6.07, 6.45) is 1.87. The number of Topliss-reactive ketones (excluding diaryl/α,β-unsaturated/α-hetero) is 1. The summed E-state index contributed by atoms with van der Waals surface area (Å²) in [4.78, 5) is 33.6. The Morgan fingerprint density at radius 1 is 0.848 bits per heavy atom. The molecule has 0 bridgehead atoms. The Labute approximate surface area is 271 Å². The number of fused-ring (bicyclic) bond motifs is 1. The first-order valence-electron chi connectivity index (χ1n) is 15.3. The molecule has 6 rings (SSSR count). The average Bonchev–Trinajstić information content (AvgIpc) is 3.62. The van der Waals surface area contributed by atoms with E-state index < -0.39 is 17.7 Å². The molecule has 46 heavy (non-hydrogen) atoms. The van der Waals surface area contributed by atoms with Crippen molar-refractivity contribution in [2.24, 2.45) is 0 Å². The number of aromatic nitrogens is 1. The van der Waals surface area contributed by atoms with Crippen molar-refractivity contribution in [3.8, 4) is 17.2 Å². The molecule has 1 fully saturated rings. The van der Waals surface area contributed by atoms with Crippen LogP contribution in [0.15, 0.2) is 103 Å². The molecule has 1 aliphatic rings. The SMILES string of the molecule is CCCCOc1cccc(/C(O)=C2\C(=O)C(=O)N(c3nc4ccc(OCC)cc4s3)C2c2ccc(OCc3ccccc3)cc2)c1. The minimum absolute atomic E-state index is 0.0251. The fourth-order valence-corrected chi connectivity index (χ4v) is 6.33. The number of aliphatic hydroxyl groups is 1. The second-order valence-corrected chi connectivity index (χ2v) is 11.8. The van der Waals surface area contributed by atoms with E-state index in [-0.39, 0.29) is 11.3 Å². The second kappa shape index (κ2) is 13.9. The Hall–Kier alpha value is -5.15. The lowest BCUT2D eigenvalue weighted by Crippen LogP contribution is -2.29. The highest BCUT2D eigenvalue weighted by Gasteiger charge is 2.48. The van der Waals surface area contributed by atoms with Crippen molar-refractivity contribution < 1.29 is 28.9 Å². The molecule has 2 heterocycles. The summed E-state index contributed by atoms with van der Waals surface area (Å²) in [5.74, 6) is 0.0464. The highest BCUT2D eigenvalue weighted by atomic mass is 32.1. The first-order valence-corrected chi connectivity index (χ1v) is 16.1. The molecule has 1 N–H and O–H groups in total. The van der Waals surface area contributed by atoms with Crippen LogP contribution < -0.4 is 19.1 Å². The molecule has 1 aromatic heterocycles. The van der Waals surface area contributed by atoms with Gasteiger partial charge in [0.1, 0.15) is 29.6 Å². The smallest absolute Gasteiger partial charge is 0.301 e. The third-order valence-corrected chi connectivity index (χ3v) is 8.65. The van der Waals surface area contributed by atoms with E-state index >= 15 is 0 Å². The molecular formula is C37H34N2O6S. The number of carbonyl (C=O) groups is 2. The van der Waals surface area contributed by atoms with Gasteiger partial charge in [0.2, 0.25) is 0 Å². The number of thiazole rings is 1. The van der Waals surface area contributed by atoms with Crippen LogP contribution in [0.1, 0.15) is 49.4 Å². The zero-order valence-corrected chi connectivity index (χ0v) is 26.5. The quantitative estimate of drug-likeness (QED) is 0.0641. The van der Waals surface area contributed by atoms with Gasteiger partial charge in [-0.25, -0.2) is 4.98 Å². The lowest BCUT2D eigenvalue weighted by molar-refractivity contribution is -0.132. The largest absolute Gasteiger partial charge is 0.507 e. The molecule has 0 spiro atoms. The summed E-state index contributed by atoms with van der Waals surface area (Å²) in [5.41, 5.74) is 2.68. The minimum Gasteiger partial charge on any atom is -0.507 e. The predicted molar refractivity (Wildman–Crippen MR) is 180 cm³/mol. The first kappa shape index (κ1) is 30.9. The number of ether oxygens (including phenoxy) is 3. The Morgan fingerprint density at radius 2 is 1.61 bits per heavy atom. The van der Waals surface area contributed by atoms with Gasteiger partial charge in [0.25, 0.3) is 5.78 Å². The maximum Gasteiger partial charge on any atom is 0.301 e. The maximum atomic E-state index is 13.8. The number of aliphatic hydroxyl groups excluding tert-OH is 1. The van der Waals surface area contributed by atoms with Crippen molar-refractivity contribution in [2.75, 3.05) is 18.1 Å². The van der Waals surface area contributed by atoms with E-state index in [1.54, 1.807) is 36.4 Å². The lowest BCUT2D eigenvalue weighted by Gasteiger charge is -2.23. The van der Waals surface area contributed by atoms with Crippen LogP contribution in [0.25, 0.3) is 16.0 Å². The van der Waals surface area contributed by atoms with E-state index in [9.17, 15) is 14.7 Å². The molecule has 9 heteroatoms. The minimum atomic E-state index is -0.931. The fourth-order valence-electron chi connectivity index (χ4n) is 5.31. The Balaban J connectivity index is 1.40. The number of rotatable bonds is 12. The number of unbranched alkanes of at least 4 members (excludes halogenated alkanes) is 1. The second-order valence-electron chi connectivity index (χ2n) is 10.8. The molecule has 0 aliphatic carbocycles. The predicted octanol–water partition coefficient (Wildman–Crippen LogP) is 8.08. The molecule has 1 aliphatic heterocycles. The van der Waals surface area contributed by atoms with Gasteiger partial charge in [-0.15, -0.1) is 0 Å². The molecule has 0 saturated carbocycles. The standard InChI is InChI=1S/C37H34N2O6S/c1-3-5-20-44-28-13-9-12-26(21-28)34(40)32-33(25-14-16-27(17-15-25)45-23-24-10-7-6-8-11-24)39(36(42)35(32)41)37-38-30-19-18-29(43-4-2)22-31(30)46-37/h6-19,21-22,33,40H,3-5,20,23H2,1-2H3/b34-32+. The van der Waals surface area contributed by atoms with Crippen molar-refractivity contribution in [1.29, 1.82) is 0 Å². The normalized spacial score (nSPS) is 15.8. The molecule has 1 atom stereocenters. The van der Waals surface area contributed by atoms with Gasteiger partial charge in [-0.05, 0) is 66.9 Å². The van der Waals surface area contributed by atoms with E-state index in [2.05, 4.69) is 6.92 Å². The van der Waals surface area contributed by atoms with E-state index in [1.807, 2.05) is 67.6 Å². The Kier molecular flexibility index (Phi) is 9.30. The number of anilines is 1. The van der Waals surface area contributed by atoms with Crippen molar-refractivity contribution in [2.45, 2.75) is 39.3 Å². The van der Waals surface area contributed by atoms with Crippen LogP contribution in [0.2, 0.25) is 0 Å². The third-order valence-electron chi connectivity index (χ3n) is 7.63. The third kappa shape index (κ3) is 6.46. The van der Waals surface area contributed by atoms with E-state index in [1.165, 1.54) is 16.2 Å². The van der Waals surface area contributed by atoms with Crippen LogP contribution in [0.4, 0.5) is 5.13 Å². The highest BCUT2D eigenvalue weighted by molar-refractivity contribution is 7.22. The molecule has 1 unspecified atom stereocenters. The summed E-state index contributed by atoms with van der Waals surface area (Å²) < 4.78 is 18.3. The van der Waals surface area contributed by atoms with Gasteiger partial charge in [-0.2, -0.15) is 0 Å². The number of hydrogen-bond acceptors (Lipinski definition) is 8. The molecule has 1 amide bonds. The van der Waals surface area contributed by atoms with Crippen LogP contribution in [0.3, 0.4) is 0 Å². The van der Waals surface area contributed by atoms with Gasteiger partial charge in [0, 0.05) is 5.56 Å². The summed E-state index contributed by atoms with van der Waals surface area (Å²) in [6.45, 7) is 5.43. The average molecular weight is 635 g/mol. The number of benzene rings is 4. The number of hydrogen-bond donors (Lipinski definition) is 1. The molecule has 4 aromatic carbocycles. The van der Waals surface area contributed by atoms with Crippen LogP contribution in [0, 0.1) is 0 Å². The van der Waals surface area contributed by atoms with E-state index in [0.717, 1.165) is 23.1 Å². The lowest BCUT2D eigenvalue weighted by atomic mass is 9.95. The summed E-state index contributed by atoms with van der Waals surface area (Å²) in [7, 11) is 0. The van der Waals surface area contributed by atoms with Gasteiger partial charge < -0.3 is 19.3 Å². The number of amides is 1. The van der Waals surface area contributed by atoms with E-state index in [0.29, 0.717) is 58.8 Å². The number of carbonyl (C=O) groups excluding carboxylic acids is 2. The summed E-state index contributed by atoms with van der Waals surface area (Å²) >= 11 is 1.28. The van der Waals surface area contributed by atoms with Crippen molar-refractivity contribution >= 4 is 44.1 Å². The molecule has 0 radical (unpaired) electrons. The zero-order chi connectivity index (χ0) is 32.0.